The van der Waals surface area contributed by atoms with E-state index in [1.807, 2.05) is 20.8 Å². The van der Waals surface area contributed by atoms with Crippen LogP contribution in [0.5, 0.6) is 0 Å². The lowest BCUT2D eigenvalue weighted by Crippen LogP contribution is -2.51. The smallest absolute Gasteiger partial charge is 0.407 e. The number of carbonyl (C=O) groups is 1. The van der Waals surface area contributed by atoms with Gasteiger partial charge in [-0.25, -0.2) is 4.79 Å². The maximum atomic E-state index is 11.4. The van der Waals surface area contributed by atoms with Gasteiger partial charge in [-0.05, 0) is 64.5 Å². The van der Waals surface area contributed by atoms with Gasteiger partial charge >= 0.3 is 6.09 Å². The van der Waals surface area contributed by atoms with Crippen LogP contribution in [0.3, 0.4) is 0 Å². The lowest BCUT2D eigenvalue weighted by molar-refractivity contribution is 0.0704. The van der Waals surface area contributed by atoms with Gasteiger partial charge in [0, 0.05) is 12.1 Å². The second kappa shape index (κ2) is 4.48. The van der Waals surface area contributed by atoms with Crippen molar-refractivity contribution in [2.75, 3.05) is 19.6 Å². The highest BCUT2D eigenvalue weighted by Crippen LogP contribution is 2.40. The fourth-order valence-corrected chi connectivity index (χ4v) is 3.35. The molecule has 1 unspecified atom stereocenters. The van der Waals surface area contributed by atoms with Crippen molar-refractivity contribution in [3.63, 3.8) is 0 Å². The maximum absolute atomic E-state index is 11.4. The molecule has 0 aromatic carbocycles. The zero-order valence-corrected chi connectivity index (χ0v) is 11.1. The predicted molar refractivity (Wildman–Crippen MR) is 67.1 cm³/mol. The van der Waals surface area contributed by atoms with E-state index < -0.39 is 6.09 Å². The van der Waals surface area contributed by atoms with Gasteiger partial charge in [-0.15, -0.1) is 0 Å². The molecule has 1 aliphatic carbocycles. The third-order valence-electron chi connectivity index (χ3n) is 4.37. The van der Waals surface area contributed by atoms with Gasteiger partial charge in [0.1, 0.15) is 0 Å². The highest BCUT2D eigenvalue weighted by molar-refractivity contribution is 5.66. The van der Waals surface area contributed by atoms with Crippen LogP contribution in [0.25, 0.3) is 0 Å². The van der Waals surface area contributed by atoms with E-state index in [1.54, 1.807) is 4.90 Å². The average Bonchev–Trinajstić information content (AvgIpc) is 2.44. The summed E-state index contributed by atoms with van der Waals surface area (Å²) in [7, 11) is 0. The van der Waals surface area contributed by atoms with E-state index in [9.17, 15) is 9.90 Å². The summed E-state index contributed by atoms with van der Waals surface area (Å²) in [4.78, 5) is 13.0. The van der Waals surface area contributed by atoms with Gasteiger partial charge in [0.15, 0.2) is 0 Å². The molecule has 98 valence electrons. The van der Waals surface area contributed by atoms with Gasteiger partial charge < -0.3 is 15.3 Å². The van der Waals surface area contributed by atoms with Crippen LogP contribution in [-0.2, 0) is 0 Å². The number of hydrogen-bond donors (Lipinski definition) is 2. The summed E-state index contributed by atoms with van der Waals surface area (Å²) in [6.07, 6.45) is 1.75. The summed E-state index contributed by atoms with van der Waals surface area (Å²) in [5, 5.41) is 12.8. The SMILES string of the molecule is CC(C)(C)N(CC1[C@@H]2CC[C@H]1CNC2)C(=O)O. The first-order valence-corrected chi connectivity index (χ1v) is 6.61. The molecule has 1 saturated carbocycles. The summed E-state index contributed by atoms with van der Waals surface area (Å²) in [6.45, 7) is 8.77. The van der Waals surface area contributed by atoms with Crippen LogP contribution >= 0.6 is 0 Å². The highest BCUT2D eigenvalue weighted by Gasteiger charge is 2.41. The Balaban J connectivity index is 2.06. The molecule has 2 N–H and O–H groups in total. The standard InChI is InChI=1S/C13H24N2O2/c1-13(2,3)15(12(16)17)8-11-9-4-5-10(11)7-14-6-9/h9-11,14H,4-8H2,1-3H3,(H,16,17)/t9-,10+,11?. The van der Waals surface area contributed by atoms with E-state index in [0.29, 0.717) is 24.3 Å². The van der Waals surface area contributed by atoms with Crippen molar-refractivity contribution in [1.29, 1.82) is 0 Å². The molecular weight excluding hydrogens is 216 g/mol. The summed E-state index contributed by atoms with van der Waals surface area (Å²) in [6, 6.07) is 0. The van der Waals surface area contributed by atoms with Gasteiger partial charge in [-0.2, -0.15) is 0 Å². The van der Waals surface area contributed by atoms with Gasteiger partial charge in [0.25, 0.3) is 0 Å². The predicted octanol–water partition coefficient (Wildman–Crippen LogP) is 2.01. The Hall–Kier alpha value is -0.770. The largest absolute Gasteiger partial charge is 0.465 e. The van der Waals surface area contributed by atoms with E-state index in [0.717, 1.165) is 13.1 Å². The minimum atomic E-state index is -0.782. The Labute approximate surface area is 103 Å². The fraction of sp³-hybridized carbons (Fsp3) is 0.923. The molecule has 2 bridgehead atoms. The number of nitrogens with zero attached hydrogens (tertiary/aromatic N) is 1. The molecule has 3 atom stereocenters. The van der Waals surface area contributed by atoms with Crippen LogP contribution in [0.15, 0.2) is 0 Å². The van der Waals surface area contributed by atoms with Crippen molar-refractivity contribution < 1.29 is 9.90 Å². The fourth-order valence-electron chi connectivity index (χ4n) is 3.35. The number of fused-ring (bicyclic) bond motifs is 2. The maximum Gasteiger partial charge on any atom is 0.407 e. The molecule has 0 aromatic rings. The van der Waals surface area contributed by atoms with Crippen molar-refractivity contribution in [2.45, 2.75) is 39.2 Å². The minimum Gasteiger partial charge on any atom is -0.465 e. The molecule has 2 fully saturated rings. The second-order valence-electron chi connectivity index (χ2n) is 6.48. The zero-order chi connectivity index (χ0) is 12.6. The highest BCUT2D eigenvalue weighted by atomic mass is 16.4. The second-order valence-corrected chi connectivity index (χ2v) is 6.48. The minimum absolute atomic E-state index is 0.295. The molecule has 4 heteroatoms. The van der Waals surface area contributed by atoms with Crippen LogP contribution < -0.4 is 5.32 Å². The van der Waals surface area contributed by atoms with E-state index in [2.05, 4.69) is 5.32 Å². The molecule has 1 aliphatic heterocycles. The quantitative estimate of drug-likeness (QED) is 0.776. The van der Waals surface area contributed by atoms with Crippen molar-refractivity contribution in [2.24, 2.45) is 17.8 Å². The summed E-state index contributed by atoms with van der Waals surface area (Å²) < 4.78 is 0. The first-order valence-electron chi connectivity index (χ1n) is 6.61. The molecule has 0 spiro atoms. The normalized spacial score (nSPS) is 32.5. The van der Waals surface area contributed by atoms with Crippen LogP contribution in [0.4, 0.5) is 4.79 Å². The monoisotopic (exact) mass is 240 g/mol. The van der Waals surface area contributed by atoms with Crippen LogP contribution in [-0.4, -0.2) is 41.3 Å². The van der Waals surface area contributed by atoms with Crippen molar-refractivity contribution >= 4 is 6.09 Å². The topological polar surface area (TPSA) is 52.6 Å². The van der Waals surface area contributed by atoms with Crippen molar-refractivity contribution in [3.8, 4) is 0 Å². The first-order chi connectivity index (χ1) is 7.89. The Morgan fingerprint density at radius 3 is 2.24 bits per heavy atom. The van der Waals surface area contributed by atoms with Crippen molar-refractivity contribution in [3.05, 3.63) is 0 Å². The van der Waals surface area contributed by atoms with E-state index in [4.69, 9.17) is 0 Å². The van der Waals surface area contributed by atoms with Crippen LogP contribution in [0, 0.1) is 17.8 Å². The Kier molecular flexibility index (Phi) is 3.34. The van der Waals surface area contributed by atoms with Crippen molar-refractivity contribution in [1.82, 2.24) is 10.2 Å². The van der Waals surface area contributed by atoms with E-state index in [1.165, 1.54) is 12.8 Å². The van der Waals surface area contributed by atoms with Gasteiger partial charge in [-0.1, -0.05) is 0 Å². The molecule has 2 aliphatic rings. The molecule has 4 nitrogen and oxygen atoms in total. The molecule has 0 radical (unpaired) electrons. The molecule has 1 saturated heterocycles. The Bertz CT molecular complexity index is 282. The number of amides is 1. The third-order valence-corrected chi connectivity index (χ3v) is 4.37. The number of rotatable bonds is 2. The lowest BCUT2D eigenvalue weighted by atomic mass is 9.85. The van der Waals surface area contributed by atoms with Crippen LogP contribution in [0.1, 0.15) is 33.6 Å². The molecule has 1 amide bonds. The first kappa shape index (κ1) is 12.7. The number of carboxylic acid groups (broad SMARTS) is 1. The zero-order valence-electron chi connectivity index (χ0n) is 11.1. The van der Waals surface area contributed by atoms with Crippen LogP contribution in [0.2, 0.25) is 0 Å². The number of piperidine rings is 1. The number of nitrogens with one attached hydrogen (secondary N) is 1. The summed E-state index contributed by atoms with van der Waals surface area (Å²) in [5.41, 5.74) is -0.295. The van der Waals surface area contributed by atoms with Gasteiger partial charge in [0.2, 0.25) is 0 Å². The Morgan fingerprint density at radius 1 is 1.29 bits per heavy atom. The van der Waals surface area contributed by atoms with E-state index >= 15 is 0 Å². The number of hydrogen-bond acceptors (Lipinski definition) is 2. The molecule has 17 heavy (non-hydrogen) atoms. The molecule has 0 aromatic heterocycles. The molecular formula is C13H24N2O2. The average molecular weight is 240 g/mol. The van der Waals surface area contributed by atoms with Gasteiger partial charge in [-0.3, -0.25) is 0 Å². The summed E-state index contributed by atoms with van der Waals surface area (Å²) in [5.74, 6) is 1.92. The Morgan fingerprint density at radius 2 is 1.82 bits per heavy atom. The molecule has 2 rings (SSSR count). The summed E-state index contributed by atoms with van der Waals surface area (Å²) >= 11 is 0. The lowest BCUT2D eigenvalue weighted by Gasteiger charge is -2.39. The van der Waals surface area contributed by atoms with E-state index in [-0.39, 0.29) is 5.54 Å². The van der Waals surface area contributed by atoms with Gasteiger partial charge in [0.05, 0.1) is 0 Å². The molecule has 1 heterocycles. The third kappa shape index (κ3) is 2.57.